The van der Waals surface area contributed by atoms with Gasteiger partial charge in [0.1, 0.15) is 35.4 Å². The second-order valence-corrected chi connectivity index (χ2v) is 16.9. The van der Waals surface area contributed by atoms with Crippen LogP contribution in [0.2, 0.25) is 0 Å². The lowest BCUT2D eigenvalue weighted by atomic mass is 9.80. The molecule has 0 aliphatic heterocycles. The summed E-state index contributed by atoms with van der Waals surface area (Å²) in [6.07, 6.45) is 26.3. The number of hydrogen-bond acceptors (Lipinski definition) is 4. The smallest absolute Gasteiger partial charge is 0.138 e. The Labute approximate surface area is 346 Å². The number of halogens is 1. The number of nitriles is 4. The summed E-state index contributed by atoms with van der Waals surface area (Å²) in [5, 5.41) is 41.9. The van der Waals surface area contributed by atoms with E-state index in [1.165, 1.54) is 103 Å². The molecule has 0 unspecified atom stereocenters. The number of rotatable bonds is 22. The van der Waals surface area contributed by atoms with E-state index < -0.39 is 0 Å². The van der Waals surface area contributed by atoms with Gasteiger partial charge in [-0.2, -0.15) is 21.0 Å². The third-order valence-electron chi connectivity index (χ3n) is 11.9. The molecular formula is C51H59BrN4. The minimum absolute atomic E-state index is 0.130. The predicted octanol–water partition coefficient (Wildman–Crippen LogP) is 15.3. The van der Waals surface area contributed by atoms with Crippen LogP contribution in [0.3, 0.4) is 0 Å². The lowest BCUT2D eigenvalue weighted by Crippen LogP contribution is -2.06. The van der Waals surface area contributed by atoms with Crippen LogP contribution < -0.4 is 0 Å². The van der Waals surface area contributed by atoms with E-state index in [2.05, 4.69) is 91.3 Å². The number of hydrogen-bond donors (Lipinski definition) is 0. The normalized spacial score (nSPS) is 11.9. The van der Waals surface area contributed by atoms with Crippen molar-refractivity contribution in [3.05, 3.63) is 91.0 Å². The van der Waals surface area contributed by atoms with Crippen molar-refractivity contribution in [2.45, 2.75) is 162 Å². The molecule has 0 fully saturated rings. The molecule has 0 amide bonds. The van der Waals surface area contributed by atoms with Crippen LogP contribution in [0.25, 0.3) is 33.4 Å². The van der Waals surface area contributed by atoms with Crippen molar-refractivity contribution in [1.29, 1.82) is 21.0 Å². The first-order chi connectivity index (χ1) is 27.4. The van der Waals surface area contributed by atoms with E-state index in [4.69, 9.17) is 0 Å². The third kappa shape index (κ3) is 9.74. The summed E-state index contributed by atoms with van der Waals surface area (Å²) in [6, 6.07) is 21.8. The molecule has 3 aromatic rings. The van der Waals surface area contributed by atoms with Gasteiger partial charge >= 0.3 is 0 Å². The molecule has 56 heavy (non-hydrogen) atoms. The molecule has 0 N–H and O–H groups in total. The van der Waals surface area contributed by atoms with Gasteiger partial charge in [-0.25, -0.2) is 0 Å². The first-order valence-electron chi connectivity index (χ1n) is 21.7. The second-order valence-electron chi connectivity index (χ2n) is 16.0. The summed E-state index contributed by atoms with van der Waals surface area (Å²) >= 11 is 3.71. The summed E-state index contributed by atoms with van der Waals surface area (Å²) in [5.74, 6) is 0. The van der Waals surface area contributed by atoms with E-state index in [0.717, 1.165) is 115 Å². The maximum absolute atomic E-state index is 10.5. The number of benzene rings is 3. The lowest BCUT2D eigenvalue weighted by Gasteiger charge is -2.22. The highest BCUT2D eigenvalue weighted by Gasteiger charge is 2.39. The van der Waals surface area contributed by atoms with Gasteiger partial charge in [0.15, 0.2) is 0 Å². The molecule has 0 saturated heterocycles. The second kappa shape index (κ2) is 21.8. The highest BCUT2D eigenvalue weighted by Crippen LogP contribution is 2.58. The summed E-state index contributed by atoms with van der Waals surface area (Å²) in [7, 11) is 0. The summed E-state index contributed by atoms with van der Waals surface area (Å²) < 4.78 is 0.898. The molecule has 4 nitrogen and oxygen atoms in total. The van der Waals surface area contributed by atoms with Gasteiger partial charge in [0.2, 0.25) is 0 Å². The molecule has 2 aliphatic carbocycles. The highest BCUT2D eigenvalue weighted by atomic mass is 79.9. The van der Waals surface area contributed by atoms with Crippen molar-refractivity contribution in [3.8, 4) is 46.5 Å². The van der Waals surface area contributed by atoms with Crippen LogP contribution >= 0.6 is 15.9 Å². The zero-order valence-corrected chi connectivity index (χ0v) is 35.8. The Morgan fingerprint density at radius 1 is 0.446 bits per heavy atom. The molecule has 0 heterocycles. The fourth-order valence-corrected chi connectivity index (χ4v) is 9.53. The quantitative estimate of drug-likeness (QED) is 0.0514. The lowest BCUT2D eigenvalue weighted by molar-refractivity contribution is 0.556. The average molecular weight is 808 g/mol. The maximum Gasteiger partial charge on any atom is 0.138 e. The Hall–Kier alpha value is -4.42. The molecule has 0 atom stereocenters. The van der Waals surface area contributed by atoms with Gasteiger partial charge in [0.05, 0.1) is 0 Å². The number of allylic oxidation sites excluding steroid dienone is 2. The molecule has 0 aromatic heterocycles. The molecule has 0 radical (unpaired) electrons. The van der Waals surface area contributed by atoms with Gasteiger partial charge < -0.3 is 0 Å². The van der Waals surface area contributed by atoms with Gasteiger partial charge in [-0.1, -0.05) is 175 Å². The first-order valence-corrected chi connectivity index (χ1v) is 22.5. The van der Waals surface area contributed by atoms with Gasteiger partial charge in [0, 0.05) is 15.6 Å². The molecule has 0 bridgehead atoms. The van der Waals surface area contributed by atoms with Crippen molar-refractivity contribution >= 4 is 27.1 Å². The van der Waals surface area contributed by atoms with Crippen molar-refractivity contribution in [2.24, 2.45) is 0 Å². The largest absolute Gasteiger partial charge is 0.192 e. The molecule has 0 spiro atoms. The van der Waals surface area contributed by atoms with Crippen LogP contribution in [0.1, 0.15) is 181 Å². The van der Waals surface area contributed by atoms with Crippen molar-refractivity contribution in [3.63, 3.8) is 0 Å². The molecule has 5 rings (SSSR count). The summed E-state index contributed by atoms with van der Waals surface area (Å²) in [4.78, 5) is 0. The Kier molecular flexibility index (Phi) is 16.6. The number of fused-ring (bicyclic) bond motifs is 6. The minimum atomic E-state index is 0.130. The van der Waals surface area contributed by atoms with E-state index in [0.29, 0.717) is 0 Å². The van der Waals surface area contributed by atoms with Crippen LogP contribution in [-0.4, -0.2) is 0 Å². The topological polar surface area (TPSA) is 95.2 Å². The van der Waals surface area contributed by atoms with E-state index >= 15 is 0 Å². The van der Waals surface area contributed by atoms with Crippen LogP contribution in [0.15, 0.2) is 52.0 Å². The first kappa shape index (κ1) is 42.7. The van der Waals surface area contributed by atoms with E-state index in [1.807, 2.05) is 6.07 Å². The molecular weight excluding hydrogens is 748 g/mol. The van der Waals surface area contributed by atoms with Gasteiger partial charge in [-0.3, -0.25) is 0 Å². The van der Waals surface area contributed by atoms with E-state index in [9.17, 15) is 21.0 Å². The van der Waals surface area contributed by atoms with E-state index in [-0.39, 0.29) is 11.1 Å². The molecule has 0 saturated carbocycles. The molecule has 290 valence electrons. The fraction of sp³-hybridized carbons (Fsp3) is 0.490. The van der Waals surface area contributed by atoms with Crippen molar-refractivity contribution in [2.75, 3.05) is 0 Å². The van der Waals surface area contributed by atoms with Crippen molar-refractivity contribution in [1.82, 2.24) is 0 Å². The van der Waals surface area contributed by atoms with Gasteiger partial charge in [-0.15, -0.1) is 0 Å². The zero-order chi connectivity index (χ0) is 39.9. The number of nitrogens with zero attached hydrogens (tertiary/aromatic N) is 4. The Balaban J connectivity index is 1.63. The predicted molar refractivity (Wildman–Crippen MR) is 235 cm³/mol. The Morgan fingerprint density at radius 2 is 0.804 bits per heavy atom. The highest BCUT2D eigenvalue weighted by molar-refractivity contribution is 9.10. The summed E-state index contributed by atoms with van der Waals surface area (Å²) in [6.45, 7) is 6.59. The Bertz CT molecular complexity index is 1920. The zero-order valence-electron chi connectivity index (χ0n) is 34.2. The van der Waals surface area contributed by atoms with Crippen LogP contribution in [-0.2, 0) is 12.8 Å². The van der Waals surface area contributed by atoms with Crippen LogP contribution in [0, 0.1) is 52.2 Å². The SMILES string of the molecule is CCCCCCCCCCCCc1c2c(c(CCCCCCCCCCCC)c3c1-c1ccc(C)cc1C3=C(C#N)C#N)-c1ccc(Br)cc1C2=C(C#N)C#N. The minimum Gasteiger partial charge on any atom is -0.192 e. The molecule has 3 aromatic carbocycles. The summed E-state index contributed by atoms with van der Waals surface area (Å²) in [5.41, 5.74) is 13.2. The van der Waals surface area contributed by atoms with Crippen LogP contribution in [0.5, 0.6) is 0 Å². The van der Waals surface area contributed by atoms with E-state index in [1.54, 1.807) is 0 Å². The van der Waals surface area contributed by atoms with Gasteiger partial charge in [0.25, 0.3) is 0 Å². The number of aryl methyl sites for hydroxylation is 1. The third-order valence-corrected chi connectivity index (χ3v) is 12.4. The molecule has 2 aliphatic rings. The monoisotopic (exact) mass is 806 g/mol. The fourth-order valence-electron chi connectivity index (χ4n) is 9.16. The molecule has 5 heteroatoms. The number of unbranched alkanes of at least 4 members (excludes halogenated alkanes) is 18. The van der Waals surface area contributed by atoms with Crippen LogP contribution in [0.4, 0.5) is 0 Å². The maximum atomic E-state index is 10.5. The Morgan fingerprint density at radius 3 is 1.20 bits per heavy atom. The van der Waals surface area contributed by atoms with Gasteiger partial charge in [-0.05, 0) is 100 Å². The van der Waals surface area contributed by atoms with Crippen molar-refractivity contribution < 1.29 is 0 Å². The average Bonchev–Trinajstić information content (AvgIpc) is 3.70. The standard InChI is InChI=1S/C51H59BrN4/c1-4-6-8-10-12-14-16-18-20-22-24-42-48-40-28-26-36(3)30-44(40)46(37(32-53)33-54)50(48)43(25-23-21-19-17-15-13-11-9-7-5-2)49-41-29-27-39(52)31-45(41)47(51(42)49)38(34-55)35-56/h26-31H,4-25H2,1-3H3.